The molecule has 0 aromatic heterocycles. The molecule has 0 spiro atoms. The number of rotatable bonds is 7. The minimum atomic E-state index is -0.770. The van der Waals surface area contributed by atoms with Gasteiger partial charge in [0.1, 0.15) is 5.75 Å². The maximum absolute atomic E-state index is 12.5. The molecule has 7 nitrogen and oxygen atoms in total. The van der Waals surface area contributed by atoms with Gasteiger partial charge in [-0.2, -0.15) is 0 Å². The van der Waals surface area contributed by atoms with Crippen LogP contribution in [0.25, 0.3) is 0 Å². The van der Waals surface area contributed by atoms with Gasteiger partial charge in [0, 0.05) is 23.9 Å². The summed E-state index contributed by atoms with van der Waals surface area (Å²) < 4.78 is 16.3. The number of fused-ring (bicyclic) bond motifs is 1. The highest BCUT2D eigenvalue weighted by molar-refractivity contribution is 5.95. The first-order valence-corrected chi connectivity index (χ1v) is 9.88. The van der Waals surface area contributed by atoms with Gasteiger partial charge in [0.25, 0.3) is 11.8 Å². The van der Waals surface area contributed by atoms with Crippen molar-refractivity contribution < 1.29 is 23.8 Å². The molecule has 7 heteroatoms. The summed E-state index contributed by atoms with van der Waals surface area (Å²) in [6.45, 7) is 2.24. The van der Waals surface area contributed by atoms with Crippen LogP contribution in [-0.2, 0) is 11.3 Å². The Labute approximate surface area is 179 Å². The van der Waals surface area contributed by atoms with Gasteiger partial charge in [-0.05, 0) is 42.8 Å². The van der Waals surface area contributed by atoms with Crippen molar-refractivity contribution in [2.75, 3.05) is 12.1 Å². The molecule has 0 radical (unpaired) electrons. The molecule has 0 bridgehead atoms. The van der Waals surface area contributed by atoms with E-state index >= 15 is 0 Å². The smallest absolute Gasteiger partial charge is 0.265 e. The van der Waals surface area contributed by atoms with Crippen molar-refractivity contribution >= 4 is 17.5 Å². The molecule has 3 aromatic carbocycles. The molecule has 2 N–H and O–H groups in total. The predicted octanol–water partition coefficient (Wildman–Crippen LogP) is 3.75. The van der Waals surface area contributed by atoms with Crippen molar-refractivity contribution in [3.05, 3.63) is 83.9 Å². The van der Waals surface area contributed by atoms with Crippen LogP contribution in [0.15, 0.2) is 72.8 Å². The zero-order chi connectivity index (χ0) is 21.6. The fraction of sp³-hybridized carbons (Fsp3) is 0.167. The number of carbonyl (C=O) groups is 2. The topological polar surface area (TPSA) is 85.9 Å². The number of anilines is 1. The molecule has 0 saturated heterocycles. The molecule has 1 heterocycles. The highest BCUT2D eigenvalue weighted by atomic mass is 16.7. The molecular weight excluding hydrogens is 396 g/mol. The molecule has 1 aliphatic heterocycles. The summed E-state index contributed by atoms with van der Waals surface area (Å²) in [5, 5.41) is 5.66. The van der Waals surface area contributed by atoms with Crippen molar-refractivity contribution in [2.45, 2.75) is 19.6 Å². The third-order valence-corrected chi connectivity index (χ3v) is 4.71. The summed E-state index contributed by atoms with van der Waals surface area (Å²) in [5.41, 5.74) is 2.05. The Morgan fingerprint density at radius 3 is 2.61 bits per heavy atom. The molecule has 1 aliphatic rings. The van der Waals surface area contributed by atoms with Gasteiger partial charge >= 0.3 is 0 Å². The summed E-state index contributed by atoms with van der Waals surface area (Å²) >= 11 is 0. The van der Waals surface area contributed by atoms with Crippen LogP contribution in [0, 0.1) is 0 Å². The Hall–Kier alpha value is -4.00. The zero-order valence-corrected chi connectivity index (χ0v) is 17.0. The van der Waals surface area contributed by atoms with Crippen molar-refractivity contribution in [3.63, 3.8) is 0 Å². The normalized spacial score (nSPS) is 12.7. The molecule has 1 atom stereocenters. The maximum Gasteiger partial charge on any atom is 0.265 e. The summed E-state index contributed by atoms with van der Waals surface area (Å²) in [6.07, 6.45) is -0.770. The predicted molar refractivity (Wildman–Crippen MR) is 115 cm³/mol. The molecule has 158 valence electrons. The van der Waals surface area contributed by atoms with Crippen LogP contribution < -0.4 is 24.8 Å². The van der Waals surface area contributed by atoms with Crippen LogP contribution in [0.5, 0.6) is 17.2 Å². The van der Waals surface area contributed by atoms with Crippen molar-refractivity contribution in [2.24, 2.45) is 0 Å². The van der Waals surface area contributed by atoms with Gasteiger partial charge in [0.2, 0.25) is 6.79 Å². The number of ether oxygens (including phenoxy) is 3. The highest BCUT2D eigenvalue weighted by Crippen LogP contribution is 2.34. The lowest BCUT2D eigenvalue weighted by Gasteiger charge is -2.15. The van der Waals surface area contributed by atoms with Gasteiger partial charge < -0.3 is 24.8 Å². The Kier molecular flexibility index (Phi) is 6.03. The molecule has 3 aromatic rings. The standard InChI is InChI=1S/C24H22N2O5/c1-16(23(27)26-19-10-11-21-22(13-19)30-15-29-21)31-20-9-5-8-18(12-20)24(28)25-14-17-6-3-2-4-7-17/h2-13,16H,14-15H2,1H3,(H,25,28)(H,26,27)/t16-/m1/s1. The van der Waals surface area contributed by atoms with Crippen LogP contribution in [0.4, 0.5) is 5.69 Å². The Morgan fingerprint density at radius 1 is 0.968 bits per heavy atom. The van der Waals surface area contributed by atoms with E-state index in [2.05, 4.69) is 10.6 Å². The van der Waals surface area contributed by atoms with Gasteiger partial charge in [-0.15, -0.1) is 0 Å². The van der Waals surface area contributed by atoms with E-state index in [0.29, 0.717) is 35.0 Å². The van der Waals surface area contributed by atoms with Gasteiger partial charge in [0.05, 0.1) is 0 Å². The molecule has 0 aliphatic carbocycles. The quantitative estimate of drug-likeness (QED) is 0.610. The second-order valence-corrected chi connectivity index (χ2v) is 7.01. The van der Waals surface area contributed by atoms with E-state index in [9.17, 15) is 9.59 Å². The summed E-state index contributed by atoms with van der Waals surface area (Å²) in [4.78, 5) is 25.0. The van der Waals surface area contributed by atoms with Gasteiger partial charge in [-0.1, -0.05) is 36.4 Å². The zero-order valence-electron chi connectivity index (χ0n) is 17.0. The van der Waals surface area contributed by atoms with Gasteiger partial charge in [-0.25, -0.2) is 0 Å². The minimum absolute atomic E-state index is 0.168. The Morgan fingerprint density at radius 2 is 1.77 bits per heavy atom. The monoisotopic (exact) mass is 418 g/mol. The molecule has 0 unspecified atom stereocenters. The van der Waals surface area contributed by atoms with Gasteiger partial charge in [-0.3, -0.25) is 9.59 Å². The minimum Gasteiger partial charge on any atom is -0.481 e. The number of nitrogens with one attached hydrogen (secondary N) is 2. The van der Waals surface area contributed by atoms with Crippen molar-refractivity contribution in [1.82, 2.24) is 5.32 Å². The van der Waals surface area contributed by atoms with E-state index < -0.39 is 6.10 Å². The largest absolute Gasteiger partial charge is 0.481 e. The van der Waals surface area contributed by atoms with Crippen LogP contribution in [0.1, 0.15) is 22.8 Å². The van der Waals surface area contributed by atoms with Gasteiger partial charge in [0.15, 0.2) is 17.6 Å². The van der Waals surface area contributed by atoms with E-state index in [1.807, 2.05) is 30.3 Å². The first kappa shape index (κ1) is 20.3. The summed E-state index contributed by atoms with van der Waals surface area (Å²) in [7, 11) is 0. The fourth-order valence-corrected chi connectivity index (χ4v) is 3.07. The van der Waals surface area contributed by atoms with E-state index in [1.54, 1.807) is 49.4 Å². The summed E-state index contributed by atoms with van der Waals surface area (Å²) in [6, 6.07) is 21.6. The average Bonchev–Trinajstić information content (AvgIpc) is 3.26. The van der Waals surface area contributed by atoms with Crippen molar-refractivity contribution in [3.8, 4) is 17.2 Å². The second-order valence-electron chi connectivity index (χ2n) is 7.01. The summed E-state index contributed by atoms with van der Waals surface area (Å²) in [5.74, 6) is 1.12. The van der Waals surface area contributed by atoms with Crippen LogP contribution in [-0.4, -0.2) is 24.7 Å². The molecule has 2 amide bonds. The van der Waals surface area contributed by atoms with E-state index in [-0.39, 0.29) is 18.6 Å². The number of benzene rings is 3. The lowest BCUT2D eigenvalue weighted by atomic mass is 10.2. The molecule has 0 saturated carbocycles. The Bertz CT molecular complexity index is 1080. The maximum atomic E-state index is 12.5. The lowest BCUT2D eigenvalue weighted by molar-refractivity contribution is -0.122. The van der Waals surface area contributed by atoms with E-state index in [4.69, 9.17) is 14.2 Å². The number of hydrogen-bond acceptors (Lipinski definition) is 5. The fourth-order valence-electron chi connectivity index (χ4n) is 3.07. The van der Waals surface area contributed by atoms with Crippen LogP contribution in [0.3, 0.4) is 0 Å². The molecule has 31 heavy (non-hydrogen) atoms. The molecule has 0 fully saturated rings. The third-order valence-electron chi connectivity index (χ3n) is 4.71. The van der Waals surface area contributed by atoms with Crippen LogP contribution >= 0.6 is 0 Å². The average molecular weight is 418 g/mol. The molecule has 4 rings (SSSR count). The van der Waals surface area contributed by atoms with Crippen molar-refractivity contribution in [1.29, 1.82) is 0 Å². The SMILES string of the molecule is C[C@@H](Oc1cccc(C(=O)NCc2ccccc2)c1)C(=O)Nc1ccc2c(c1)OCO2. The second kappa shape index (κ2) is 9.21. The third kappa shape index (κ3) is 5.14. The lowest BCUT2D eigenvalue weighted by Crippen LogP contribution is -2.30. The van der Waals surface area contributed by atoms with E-state index in [0.717, 1.165) is 5.56 Å². The Balaban J connectivity index is 1.34. The molecular formula is C24H22N2O5. The van der Waals surface area contributed by atoms with Crippen LogP contribution in [0.2, 0.25) is 0 Å². The number of hydrogen-bond donors (Lipinski definition) is 2. The highest BCUT2D eigenvalue weighted by Gasteiger charge is 2.18. The first-order chi connectivity index (χ1) is 15.1. The first-order valence-electron chi connectivity index (χ1n) is 9.88. The van der Waals surface area contributed by atoms with E-state index in [1.165, 1.54) is 0 Å². The number of carbonyl (C=O) groups excluding carboxylic acids is 2. The number of amides is 2.